The first-order valence-electron chi connectivity index (χ1n) is 6.92. The van der Waals surface area contributed by atoms with Crippen LogP contribution in [0.15, 0.2) is 60.7 Å². The fourth-order valence-corrected chi connectivity index (χ4v) is 5.75. The van der Waals surface area contributed by atoms with Crippen LogP contribution >= 0.6 is 16.5 Å². The van der Waals surface area contributed by atoms with Gasteiger partial charge in [-0.1, -0.05) is 68.6 Å². The third-order valence-electron chi connectivity index (χ3n) is 3.52. The third kappa shape index (κ3) is 5.14. The van der Waals surface area contributed by atoms with E-state index in [0.29, 0.717) is 0 Å². The van der Waals surface area contributed by atoms with Crippen molar-refractivity contribution in [2.24, 2.45) is 0 Å². The molecule has 0 saturated carbocycles. The minimum atomic E-state index is -2.62. The van der Waals surface area contributed by atoms with Gasteiger partial charge >= 0.3 is 8.60 Å². The molecule has 2 aromatic carbocycles. The highest BCUT2D eigenvalue weighted by Crippen LogP contribution is 2.58. The Bertz CT molecular complexity index is 471. The van der Waals surface area contributed by atoms with Gasteiger partial charge in [-0.2, -0.15) is 0 Å². The smallest absolute Gasteiger partial charge is 0.324 e. The summed E-state index contributed by atoms with van der Waals surface area (Å²) in [6.07, 6.45) is 4.16. The summed E-state index contributed by atoms with van der Waals surface area (Å²) >= 11 is 0. The Morgan fingerprint density at radius 2 is 1.38 bits per heavy atom. The molecule has 2 aromatic rings. The first-order valence-corrected chi connectivity index (χ1v) is 9.71. The molecule has 0 bridgehead atoms. The van der Waals surface area contributed by atoms with E-state index >= 15 is 0 Å². The SMILES string of the molecule is OP(O)O.c1ccc(C2CCCP2c2ccccc2)cc1. The maximum Gasteiger partial charge on any atom is 0.324 e. The van der Waals surface area contributed by atoms with E-state index in [2.05, 4.69) is 60.7 Å². The van der Waals surface area contributed by atoms with Crippen LogP contribution in [-0.4, -0.2) is 20.8 Å². The predicted molar refractivity (Wildman–Crippen MR) is 89.9 cm³/mol. The van der Waals surface area contributed by atoms with Crippen molar-refractivity contribution < 1.29 is 14.7 Å². The van der Waals surface area contributed by atoms with Crippen LogP contribution in [0.1, 0.15) is 24.1 Å². The van der Waals surface area contributed by atoms with Crippen molar-refractivity contribution in [2.45, 2.75) is 18.5 Å². The molecular weight excluding hydrogens is 302 g/mol. The molecule has 1 saturated heterocycles. The van der Waals surface area contributed by atoms with E-state index in [1.807, 2.05) is 0 Å². The van der Waals surface area contributed by atoms with Crippen molar-refractivity contribution >= 4 is 21.8 Å². The van der Waals surface area contributed by atoms with Crippen LogP contribution in [-0.2, 0) is 0 Å². The molecule has 1 heterocycles. The van der Waals surface area contributed by atoms with E-state index in [1.165, 1.54) is 19.0 Å². The third-order valence-corrected chi connectivity index (χ3v) is 6.59. The van der Waals surface area contributed by atoms with E-state index in [4.69, 9.17) is 14.7 Å². The van der Waals surface area contributed by atoms with Crippen LogP contribution < -0.4 is 5.30 Å². The Hall–Kier alpha value is -0.820. The van der Waals surface area contributed by atoms with Gasteiger partial charge in [-0.25, -0.2) is 0 Å². The van der Waals surface area contributed by atoms with E-state index in [0.717, 1.165) is 5.66 Å². The Kier molecular flexibility index (Phi) is 6.76. The average Bonchev–Trinajstić information content (AvgIpc) is 2.98. The molecule has 3 rings (SSSR count). The van der Waals surface area contributed by atoms with Crippen molar-refractivity contribution in [1.82, 2.24) is 0 Å². The zero-order valence-electron chi connectivity index (χ0n) is 11.7. The molecule has 2 unspecified atom stereocenters. The standard InChI is InChI=1S/C16H17P.H3O3P/c1-3-8-14(9-4-1)16-12-7-13-17(16)15-10-5-2-6-11-15;1-4(2)3/h1-6,8-11,16H,7,12-13H2;1-3H. The minimum Gasteiger partial charge on any atom is -0.328 e. The van der Waals surface area contributed by atoms with E-state index in [1.54, 1.807) is 10.9 Å². The summed E-state index contributed by atoms with van der Waals surface area (Å²) in [7, 11) is -2.60. The van der Waals surface area contributed by atoms with Crippen LogP contribution in [0.5, 0.6) is 0 Å². The van der Waals surface area contributed by atoms with Gasteiger partial charge in [0.25, 0.3) is 0 Å². The first kappa shape index (κ1) is 16.5. The van der Waals surface area contributed by atoms with Crippen molar-refractivity contribution in [3.8, 4) is 0 Å². The fraction of sp³-hybridized carbons (Fsp3) is 0.250. The number of hydrogen-bond acceptors (Lipinski definition) is 3. The molecule has 0 aromatic heterocycles. The van der Waals surface area contributed by atoms with Crippen molar-refractivity contribution in [1.29, 1.82) is 0 Å². The zero-order chi connectivity index (χ0) is 15.1. The second-order valence-electron chi connectivity index (χ2n) is 4.87. The van der Waals surface area contributed by atoms with Gasteiger partial charge < -0.3 is 14.7 Å². The molecule has 5 heteroatoms. The molecule has 2 atom stereocenters. The molecule has 3 nitrogen and oxygen atoms in total. The van der Waals surface area contributed by atoms with Gasteiger partial charge in [0.1, 0.15) is 0 Å². The van der Waals surface area contributed by atoms with Crippen LogP contribution in [0.25, 0.3) is 0 Å². The first-order chi connectivity index (χ1) is 10.2. The normalized spacial score (nSPS) is 21.0. The van der Waals surface area contributed by atoms with Gasteiger partial charge in [0.2, 0.25) is 0 Å². The van der Waals surface area contributed by atoms with Crippen LogP contribution in [0, 0.1) is 0 Å². The molecule has 0 amide bonds. The molecule has 0 spiro atoms. The van der Waals surface area contributed by atoms with Crippen LogP contribution in [0.3, 0.4) is 0 Å². The van der Waals surface area contributed by atoms with E-state index < -0.39 is 8.60 Å². The Morgan fingerprint density at radius 1 is 0.857 bits per heavy atom. The summed E-state index contributed by atoms with van der Waals surface area (Å²) in [5, 5.41) is 1.58. The maximum atomic E-state index is 7.23. The molecule has 21 heavy (non-hydrogen) atoms. The highest BCUT2D eigenvalue weighted by Gasteiger charge is 2.28. The lowest BCUT2D eigenvalue weighted by molar-refractivity contribution is 0.368. The van der Waals surface area contributed by atoms with Crippen molar-refractivity contribution in [3.63, 3.8) is 0 Å². The Morgan fingerprint density at radius 3 is 1.95 bits per heavy atom. The van der Waals surface area contributed by atoms with Gasteiger partial charge in [0, 0.05) is 5.66 Å². The summed E-state index contributed by atoms with van der Waals surface area (Å²) in [6, 6.07) is 22.2. The topological polar surface area (TPSA) is 60.7 Å². The number of hydrogen-bond donors (Lipinski definition) is 3. The lowest BCUT2D eigenvalue weighted by atomic mass is 10.1. The summed E-state index contributed by atoms with van der Waals surface area (Å²) in [6.45, 7) is 0. The van der Waals surface area contributed by atoms with Crippen molar-refractivity contribution in [3.05, 3.63) is 66.2 Å². The average molecular weight is 322 g/mol. The van der Waals surface area contributed by atoms with Gasteiger partial charge in [-0.15, -0.1) is 0 Å². The van der Waals surface area contributed by atoms with Gasteiger partial charge in [-0.3, -0.25) is 0 Å². The van der Waals surface area contributed by atoms with Gasteiger partial charge in [0.05, 0.1) is 0 Å². The molecule has 1 fully saturated rings. The lowest BCUT2D eigenvalue weighted by Gasteiger charge is -2.21. The molecule has 1 aliphatic heterocycles. The van der Waals surface area contributed by atoms with E-state index in [9.17, 15) is 0 Å². The molecule has 0 radical (unpaired) electrons. The summed E-state index contributed by atoms with van der Waals surface area (Å²) < 4.78 is 0. The maximum absolute atomic E-state index is 7.23. The lowest BCUT2D eigenvalue weighted by Crippen LogP contribution is -2.04. The highest BCUT2D eigenvalue weighted by molar-refractivity contribution is 7.66. The minimum absolute atomic E-state index is 0.0201. The summed E-state index contributed by atoms with van der Waals surface area (Å²) in [4.78, 5) is 21.7. The van der Waals surface area contributed by atoms with E-state index in [-0.39, 0.29) is 7.92 Å². The van der Waals surface area contributed by atoms with Gasteiger partial charge in [-0.05, 0) is 29.9 Å². The molecule has 112 valence electrons. The summed E-state index contributed by atoms with van der Waals surface area (Å²) in [5.41, 5.74) is 2.33. The molecule has 3 N–H and O–H groups in total. The number of benzene rings is 2. The predicted octanol–water partition coefficient (Wildman–Crippen LogP) is 3.52. The van der Waals surface area contributed by atoms with Crippen LogP contribution in [0.2, 0.25) is 0 Å². The fourth-order valence-electron chi connectivity index (χ4n) is 2.72. The second-order valence-corrected chi connectivity index (χ2v) is 7.93. The van der Waals surface area contributed by atoms with Gasteiger partial charge in [0.15, 0.2) is 0 Å². The summed E-state index contributed by atoms with van der Waals surface area (Å²) in [5.74, 6) is 0. The molecular formula is C16H20O3P2. The molecule has 1 aliphatic rings. The quantitative estimate of drug-likeness (QED) is 0.742. The largest absolute Gasteiger partial charge is 0.328 e. The van der Waals surface area contributed by atoms with Crippen molar-refractivity contribution in [2.75, 3.05) is 6.16 Å². The zero-order valence-corrected chi connectivity index (χ0v) is 13.5. The number of rotatable bonds is 2. The molecule has 0 aliphatic carbocycles. The van der Waals surface area contributed by atoms with Crippen LogP contribution in [0.4, 0.5) is 0 Å². The Balaban J connectivity index is 0.000000361. The second kappa shape index (κ2) is 8.58. The monoisotopic (exact) mass is 322 g/mol. The highest BCUT2D eigenvalue weighted by atomic mass is 31.2. The Labute approximate surface area is 128 Å².